The number of hydrogen-bond acceptors (Lipinski definition) is 7. The van der Waals surface area contributed by atoms with Crippen molar-refractivity contribution < 1.29 is 19.0 Å². The van der Waals surface area contributed by atoms with Crippen molar-refractivity contribution in [3.8, 4) is 28.6 Å². The lowest BCUT2D eigenvalue weighted by Crippen LogP contribution is -2.16. The molecule has 2 heterocycles. The van der Waals surface area contributed by atoms with Gasteiger partial charge in [-0.1, -0.05) is 23.9 Å². The van der Waals surface area contributed by atoms with Gasteiger partial charge >= 0.3 is 0 Å². The number of thioether (sulfide) groups is 1. The Balaban J connectivity index is 1.55. The van der Waals surface area contributed by atoms with Crippen LogP contribution in [0.4, 0.5) is 5.69 Å². The fourth-order valence-electron chi connectivity index (χ4n) is 3.26. The van der Waals surface area contributed by atoms with Gasteiger partial charge in [0.1, 0.15) is 5.75 Å². The molecule has 9 nitrogen and oxygen atoms in total. The summed E-state index contributed by atoms with van der Waals surface area (Å²) >= 11 is 1.28. The maximum absolute atomic E-state index is 12.6. The van der Waals surface area contributed by atoms with E-state index in [0.717, 1.165) is 5.56 Å². The van der Waals surface area contributed by atoms with Crippen molar-refractivity contribution in [2.75, 3.05) is 32.4 Å². The van der Waals surface area contributed by atoms with Crippen molar-refractivity contribution in [1.29, 1.82) is 0 Å². The van der Waals surface area contributed by atoms with Crippen LogP contribution in [-0.2, 0) is 4.79 Å². The first-order valence-corrected chi connectivity index (χ1v) is 11.0. The Kier molecular flexibility index (Phi) is 6.84. The summed E-state index contributed by atoms with van der Waals surface area (Å²) in [4.78, 5) is 12.6. The summed E-state index contributed by atoms with van der Waals surface area (Å²) < 4.78 is 19.7. The van der Waals surface area contributed by atoms with E-state index < -0.39 is 0 Å². The zero-order valence-electron chi connectivity index (χ0n) is 18.4. The molecule has 0 spiro atoms. The molecule has 4 rings (SSSR count). The Morgan fingerprint density at radius 1 is 0.909 bits per heavy atom. The number of nitrogens with one attached hydrogen (secondary N) is 1. The summed E-state index contributed by atoms with van der Waals surface area (Å²) in [5.41, 5.74) is 1.41. The number of rotatable bonds is 9. The van der Waals surface area contributed by atoms with E-state index in [2.05, 4.69) is 15.5 Å². The average molecular weight is 466 g/mol. The topological polar surface area (TPSA) is 92.4 Å². The van der Waals surface area contributed by atoms with Gasteiger partial charge in [0, 0.05) is 24.1 Å². The summed E-state index contributed by atoms with van der Waals surface area (Å²) in [6.07, 6.45) is 3.77. The molecule has 0 bridgehead atoms. The minimum atomic E-state index is -0.187. The molecule has 0 atom stereocenters. The minimum Gasteiger partial charge on any atom is -0.496 e. The number of aromatic nitrogens is 4. The standard InChI is InChI=1S/C23H23N5O4S/c1-30-18-9-5-4-8-17(18)22-25-26-23(28(22)27-12-6-7-13-27)33-15-21(29)24-16-10-11-19(31-2)20(14-16)32-3/h4-14H,15H2,1-3H3,(H,24,29). The van der Waals surface area contributed by atoms with E-state index in [-0.39, 0.29) is 11.7 Å². The maximum Gasteiger partial charge on any atom is 0.234 e. The van der Waals surface area contributed by atoms with Crippen molar-refractivity contribution in [2.24, 2.45) is 0 Å². The van der Waals surface area contributed by atoms with Gasteiger partial charge in [0.25, 0.3) is 0 Å². The highest BCUT2D eigenvalue weighted by Gasteiger charge is 2.19. The highest BCUT2D eigenvalue weighted by atomic mass is 32.2. The van der Waals surface area contributed by atoms with Gasteiger partial charge < -0.3 is 19.5 Å². The zero-order valence-corrected chi connectivity index (χ0v) is 19.2. The summed E-state index contributed by atoms with van der Waals surface area (Å²) in [6.45, 7) is 0. The molecular formula is C23H23N5O4S. The summed E-state index contributed by atoms with van der Waals surface area (Å²) in [5, 5.41) is 12.2. The highest BCUT2D eigenvalue weighted by molar-refractivity contribution is 7.99. The summed E-state index contributed by atoms with van der Waals surface area (Å²) in [7, 11) is 4.73. The van der Waals surface area contributed by atoms with Gasteiger partial charge in [-0.25, -0.2) is 4.68 Å². The van der Waals surface area contributed by atoms with Gasteiger partial charge in [-0.15, -0.1) is 10.2 Å². The van der Waals surface area contributed by atoms with Crippen LogP contribution in [0.3, 0.4) is 0 Å². The van der Waals surface area contributed by atoms with Crippen molar-refractivity contribution in [3.05, 3.63) is 67.0 Å². The first-order chi connectivity index (χ1) is 16.1. The molecule has 4 aromatic rings. The van der Waals surface area contributed by atoms with Gasteiger partial charge in [-0.2, -0.15) is 0 Å². The van der Waals surface area contributed by atoms with E-state index in [4.69, 9.17) is 14.2 Å². The molecule has 0 aliphatic rings. The monoisotopic (exact) mass is 465 g/mol. The number of anilines is 1. The van der Waals surface area contributed by atoms with Crippen LogP contribution in [0, 0.1) is 0 Å². The van der Waals surface area contributed by atoms with Crippen LogP contribution in [0.1, 0.15) is 0 Å². The number of methoxy groups -OCH3 is 3. The van der Waals surface area contributed by atoms with Crippen molar-refractivity contribution in [1.82, 2.24) is 19.5 Å². The van der Waals surface area contributed by atoms with Crippen molar-refractivity contribution in [2.45, 2.75) is 5.16 Å². The third-order valence-electron chi connectivity index (χ3n) is 4.78. The lowest BCUT2D eigenvalue weighted by molar-refractivity contribution is -0.113. The van der Waals surface area contributed by atoms with Crippen LogP contribution in [0.5, 0.6) is 17.2 Å². The van der Waals surface area contributed by atoms with Gasteiger partial charge in [0.2, 0.25) is 11.1 Å². The molecule has 1 amide bonds. The molecule has 0 aliphatic heterocycles. The first-order valence-electron chi connectivity index (χ1n) is 10.0. The number of amides is 1. The molecule has 33 heavy (non-hydrogen) atoms. The van der Waals surface area contributed by atoms with E-state index in [1.807, 2.05) is 58.1 Å². The average Bonchev–Trinajstić information content (AvgIpc) is 3.52. The number of ether oxygens (including phenoxy) is 3. The van der Waals surface area contributed by atoms with Crippen LogP contribution < -0.4 is 19.5 Å². The zero-order chi connectivity index (χ0) is 23.2. The van der Waals surface area contributed by atoms with Crippen LogP contribution in [-0.4, -0.2) is 52.5 Å². The van der Waals surface area contributed by atoms with E-state index >= 15 is 0 Å². The molecule has 0 saturated heterocycles. The lowest BCUT2D eigenvalue weighted by Gasteiger charge is -2.13. The number of nitrogens with zero attached hydrogens (tertiary/aromatic N) is 4. The van der Waals surface area contributed by atoms with E-state index in [1.165, 1.54) is 11.8 Å². The quantitative estimate of drug-likeness (QED) is 0.376. The van der Waals surface area contributed by atoms with Gasteiger partial charge in [0.15, 0.2) is 17.3 Å². The highest BCUT2D eigenvalue weighted by Crippen LogP contribution is 2.32. The second kappa shape index (κ2) is 10.1. The van der Waals surface area contributed by atoms with Crippen LogP contribution in [0.2, 0.25) is 0 Å². The second-order valence-corrected chi connectivity index (χ2v) is 7.73. The molecule has 2 aromatic heterocycles. The molecule has 1 N–H and O–H groups in total. The number of benzene rings is 2. The van der Waals surface area contributed by atoms with Crippen LogP contribution in [0.15, 0.2) is 72.1 Å². The third kappa shape index (κ3) is 4.80. The van der Waals surface area contributed by atoms with E-state index in [0.29, 0.717) is 33.9 Å². The van der Waals surface area contributed by atoms with E-state index in [9.17, 15) is 4.79 Å². The molecule has 0 radical (unpaired) electrons. The SMILES string of the molecule is COc1ccc(NC(=O)CSc2nnc(-c3ccccc3OC)n2-n2cccc2)cc1OC. The predicted octanol–water partition coefficient (Wildman–Crippen LogP) is 3.81. The molecular weight excluding hydrogens is 442 g/mol. The largest absolute Gasteiger partial charge is 0.496 e. The number of carbonyl (C=O) groups is 1. The molecule has 0 aliphatic carbocycles. The Morgan fingerprint density at radius 2 is 1.64 bits per heavy atom. The molecule has 0 unspecified atom stereocenters. The number of carbonyl (C=O) groups excluding carboxylic acids is 1. The fraction of sp³-hybridized carbons (Fsp3) is 0.174. The van der Waals surface area contributed by atoms with Gasteiger partial charge in [-0.05, 0) is 36.4 Å². The fourth-order valence-corrected chi connectivity index (χ4v) is 3.99. The third-order valence-corrected chi connectivity index (χ3v) is 5.70. The van der Waals surface area contributed by atoms with Crippen LogP contribution in [0.25, 0.3) is 11.4 Å². The summed E-state index contributed by atoms with van der Waals surface area (Å²) in [6, 6.07) is 16.6. The Bertz CT molecular complexity index is 1240. The number of hydrogen-bond donors (Lipinski definition) is 1. The Morgan fingerprint density at radius 3 is 2.36 bits per heavy atom. The predicted molar refractivity (Wildman–Crippen MR) is 126 cm³/mol. The van der Waals surface area contributed by atoms with Crippen molar-refractivity contribution >= 4 is 23.4 Å². The molecule has 2 aromatic carbocycles. The normalized spacial score (nSPS) is 10.6. The lowest BCUT2D eigenvalue weighted by atomic mass is 10.2. The smallest absolute Gasteiger partial charge is 0.234 e. The molecule has 170 valence electrons. The van der Waals surface area contributed by atoms with Crippen LogP contribution >= 0.6 is 11.8 Å². The molecule has 10 heteroatoms. The maximum atomic E-state index is 12.6. The summed E-state index contributed by atoms with van der Waals surface area (Å²) in [5.74, 6) is 2.37. The van der Waals surface area contributed by atoms with E-state index in [1.54, 1.807) is 39.5 Å². The Labute approximate surface area is 195 Å². The number of para-hydroxylation sites is 1. The van der Waals surface area contributed by atoms with Gasteiger partial charge in [-0.3, -0.25) is 9.47 Å². The molecule has 0 saturated carbocycles. The van der Waals surface area contributed by atoms with Crippen molar-refractivity contribution in [3.63, 3.8) is 0 Å². The minimum absolute atomic E-state index is 0.139. The Hall–Kier alpha value is -3.92. The van der Waals surface area contributed by atoms with Gasteiger partial charge in [0.05, 0.1) is 32.6 Å². The first kappa shape index (κ1) is 22.3. The molecule has 0 fully saturated rings. The second-order valence-electron chi connectivity index (χ2n) is 6.79.